The van der Waals surface area contributed by atoms with E-state index in [-0.39, 0.29) is 11.7 Å². The summed E-state index contributed by atoms with van der Waals surface area (Å²) in [6.45, 7) is 10.7. The molecule has 8 atom stereocenters. The number of carbonyl (C=O) groups excluding carboxylic acids is 2. The Morgan fingerprint density at radius 1 is 0.829 bits per heavy atom. The van der Waals surface area contributed by atoms with Crippen LogP contribution in [0.3, 0.4) is 0 Å². The van der Waals surface area contributed by atoms with Crippen LogP contribution in [0.5, 0.6) is 0 Å². The van der Waals surface area contributed by atoms with E-state index < -0.39 is 0 Å². The molecule has 0 aliphatic heterocycles. The van der Waals surface area contributed by atoms with Gasteiger partial charge in [-0.05, 0) is 131 Å². The first-order valence-electron chi connectivity index (χ1n) is 17.2. The van der Waals surface area contributed by atoms with E-state index in [1.54, 1.807) is 6.92 Å². The molecule has 2 saturated carbocycles. The van der Waals surface area contributed by atoms with E-state index in [0.717, 1.165) is 74.3 Å². The van der Waals surface area contributed by atoms with Gasteiger partial charge in [-0.2, -0.15) is 0 Å². The molecule has 1 aromatic rings. The molecule has 2 N–H and O–H groups in total. The van der Waals surface area contributed by atoms with Crippen LogP contribution in [-0.4, -0.2) is 31.8 Å². The van der Waals surface area contributed by atoms with Gasteiger partial charge in [0.2, 0.25) is 5.91 Å². The van der Waals surface area contributed by atoms with Gasteiger partial charge in [0.25, 0.3) is 0 Å². The van der Waals surface area contributed by atoms with Crippen LogP contribution in [0.15, 0.2) is 30.3 Å². The van der Waals surface area contributed by atoms with Gasteiger partial charge in [0, 0.05) is 19.4 Å². The van der Waals surface area contributed by atoms with Crippen LogP contribution in [0.4, 0.5) is 0 Å². The number of rotatable bonds is 21. The second kappa shape index (κ2) is 18.1. The predicted octanol–water partition coefficient (Wildman–Crippen LogP) is 8.24. The minimum Gasteiger partial charge on any atom is -0.356 e. The second-order valence-corrected chi connectivity index (χ2v) is 14.1. The first-order valence-corrected chi connectivity index (χ1v) is 17.2. The Morgan fingerprint density at radius 2 is 1.51 bits per heavy atom. The molecule has 8 unspecified atom stereocenters. The second-order valence-electron chi connectivity index (χ2n) is 14.1. The number of Topliss-reactive ketones (excluding diaryl/α,β-unsaturated/α-hetero) is 1. The fraction of sp³-hybridized carbons (Fsp3) is 0.784. The summed E-state index contributed by atoms with van der Waals surface area (Å²) in [5.41, 5.74) is 1.45. The number of nitrogens with one attached hydrogen (secondary N) is 2. The van der Waals surface area contributed by atoms with Crippen LogP contribution in [0, 0.1) is 47.3 Å². The topological polar surface area (TPSA) is 58.2 Å². The molecule has 1 aromatic carbocycles. The van der Waals surface area contributed by atoms with Crippen LogP contribution in [0.25, 0.3) is 0 Å². The molecular weight excluding hydrogens is 504 g/mol. The Bertz CT molecular complexity index is 884. The van der Waals surface area contributed by atoms with Gasteiger partial charge >= 0.3 is 0 Å². The first kappa shape index (κ1) is 33.8. The Morgan fingerprint density at radius 3 is 2.17 bits per heavy atom. The van der Waals surface area contributed by atoms with Crippen LogP contribution in [0.1, 0.15) is 117 Å². The minimum absolute atomic E-state index is 0.199. The summed E-state index contributed by atoms with van der Waals surface area (Å²) < 4.78 is 0. The highest BCUT2D eigenvalue weighted by Crippen LogP contribution is 2.47. The van der Waals surface area contributed by atoms with E-state index in [9.17, 15) is 9.59 Å². The van der Waals surface area contributed by atoms with Gasteiger partial charge in [0.1, 0.15) is 5.78 Å². The third kappa shape index (κ3) is 11.5. The van der Waals surface area contributed by atoms with Crippen molar-refractivity contribution >= 4 is 11.7 Å². The maximum atomic E-state index is 12.9. The molecule has 0 bridgehead atoms. The highest BCUT2D eigenvalue weighted by molar-refractivity contribution is 5.76. The predicted molar refractivity (Wildman–Crippen MR) is 173 cm³/mol. The Balaban J connectivity index is 1.41. The van der Waals surface area contributed by atoms with Crippen molar-refractivity contribution in [2.75, 3.05) is 20.1 Å². The SMILES string of the molecule is CCCC1CC(C)C1CC(CCNC)CCNC(=O)CCC(CCC(C)=O)CCC1C(C)CC1Cc1ccccc1. The lowest BCUT2D eigenvalue weighted by atomic mass is 9.61. The maximum absolute atomic E-state index is 12.9. The number of amides is 1. The molecule has 41 heavy (non-hydrogen) atoms. The van der Waals surface area contributed by atoms with Crippen molar-refractivity contribution in [3.63, 3.8) is 0 Å². The average molecular weight is 567 g/mol. The highest BCUT2D eigenvalue weighted by Gasteiger charge is 2.38. The number of hydrogen-bond acceptors (Lipinski definition) is 3. The summed E-state index contributed by atoms with van der Waals surface area (Å²) in [4.78, 5) is 24.7. The monoisotopic (exact) mass is 566 g/mol. The number of carbonyl (C=O) groups is 2. The quantitative estimate of drug-likeness (QED) is 0.158. The zero-order chi connectivity index (χ0) is 29.6. The molecule has 2 aliphatic carbocycles. The van der Waals surface area contributed by atoms with E-state index in [2.05, 4.69) is 61.7 Å². The smallest absolute Gasteiger partial charge is 0.220 e. The average Bonchev–Trinajstić information content (AvgIpc) is 2.95. The molecule has 4 nitrogen and oxygen atoms in total. The molecule has 0 heterocycles. The summed E-state index contributed by atoms with van der Waals surface area (Å²) in [5, 5.41) is 6.61. The summed E-state index contributed by atoms with van der Waals surface area (Å²) in [5.74, 6) is 6.62. The first-order chi connectivity index (χ1) is 19.8. The minimum atomic E-state index is 0.199. The van der Waals surface area contributed by atoms with Crippen LogP contribution in [0.2, 0.25) is 0 Å². The molecule has 1 amide bonds. The van der Waals surface area contributed by atoms with Gasteiger partial charge in [-0.1, -0.05) is 70.4 Å². The van der Waals surface area contributed by atoms with E-state index in [1.165, 1.54) is 56.9 Å². The van der Waals surface area contributed by atoms with Crippen LogP contribution < -0.4 is 10.6 Å². The number of benzene rings is 1. The molecule has 3 rings (SSSR count). The standard InChI is InChI=1S/C37H62N2O2/c1-6-10-33-23-28(3)36(33)26-32(19-21-38-5)20-22-39-37(41)18-16-30(14-13-29(4)40)15-17-35-27(2)24-34(35)25-31-11-8-7-9-12-31/h7-9,11-12,27-28,30,32-36,38H,6,10,13-26H2,1-5H3,(H,39,41). The third-order valence-electron chi connectivity index (χ3n) is 10.9. The number of hydrogen-bond donors (Lipinski definition) is 2. The van der Waals surface area contributed by atoms with Gasteiger partial charge < -0.3 is 15.4 Å². The van der Waals surface area contributed by atoms with Gasteiger partial charge in [0.15, 0.2) is 0 Å². The summed E-state index contributed by atoms with van der Waals surface area (Å²) >= 11 is 0. The van der Waals surface area contributed by atoms with Gasteiger partial charge in [-0.3, -0.25) is 4.79 Å². The molecule has 232 valence electrons. The molecule has 0 spiro atoms. The van der Waals surface area contributed by atoms with Crippen molar-refractivity contribution in [2.45, 2.75) is 118 Å². The van der Waals surface area contributed by atoms with Crippen LogP contribution >= 0.6 is 0 Å². The molecule has 2 fully saturated rings. The van der Waals surface area contributed by atoms with Gasteiger partial charge in [0.05, 0.1) is 0 Å². The number of ketones is 1. The summed E-state index contributed by atoms with van der Waals surface area (Å²) in [6.07, 6.45) is 15.7. The molecule has 2 aliphatic rings. The van der Waals surface area contributed by atoms with Crippen molar-refractivity contribution in [2.24, 2.45) is 47.3 Å². The van der Waals surface area contributed by atoms with E-state index in [4.69, 9.17) is 0 Å². The van der Waals surface area contributed by atoms with Crippen molar-refractivity contribution in [1.82, 2.24) is 10.6 Å². The van der Waals surface area contributed by atoms with E-state index in [0.29, 0.717) is 24.7 Å². The molecule has 0 radical (unpaired) electrons. The van der Waals surface area contributed by atoms with Crippen molar-refractivity contribution in [1.29, 1.82) is 0 Å². The van der Waals surface area contributed by atoms with E-state index >= 15 is 0 Å². The Kier molecular flexibility index (Phi) is 14.9. The normalized spacial score (nSPS) is 27.0. The zero-order valence-electron chi connectivity index (χ0n) is 27.1. The zero-order valence-corrected chi connectivity index (χ0v) is 27.1. The fourth-order valence-electron chi connectivity index (χ4n) is 8.21. The van der Waals surface area contributed by atoms with Crippen molar-refractivity contribution in [3.8, 4) is 0 Å². The fourth-order valence-corrected chi connectivity index (χ4v) is 8.21. The summed E-state index contributed by atoms with van der Waals surface area (Å²) in [6, 6.07) is 10.9. The third-order valence-corrected chi connectivity index (χ3v) is 10.9. The van der Waals surface area contributed by atoms with Gasteiger partial charge in [-0.15, -0.1) is 0 Å². The molecule has 0 aromatic heterocycles. The highest BCUT2D eigenvalue weighted by atomic mass is 16.1. The lowest BCUT2D eigenvalue weighted by molar-refractivity contribution is -0.121. The largest absolute Gasteiger partial charge is 0.356 e. The summed E-state index contributed by atoms with van der Waals surface area (Å²) in [7, 11) is 2.04. The lowest BCUT2D eigenvalue weighted by Gasteiger charge is -2.45. The lowest BCUT2D eigenvalue weighted by Crippen LogP contribution is -2.37. The van der Waals surface area contributed by atoms with Crippen LogP contribution in [-0.2, 0) is 16.0 Å². The van der Waals surface area contributed by atoms with Gasteiger partial charge in [-0.25, -0.2) is 0 Å². The maximum Gasteiger partial charge on any atom is 0.220 e. The molecule has 0 saturated heterocycles. The Labute approximate surface area is 252 Å². The van der Waals surface area contributed by atoms with Crippen molar-refractivity contribution in [3.05, 3.63) is 35.9 Å². The molecular formula is C37H62N2O2. The molecule has 4 heteroatoms. The van der Waals surface area contributed by atoms with Crippen molar-refractivity contribution < 1.29 is 9.59 Å². The van der Waals surface area contributed by atoms with E-state index in [1.807, 2.05) is 7.05 Å². The Hall–Kier alpha value is -1.68.